The van der Waals surface area contributed by atoms with Crippen LogP contribution < -0.4 is 10.1 Å². The highest BCUT2D eigenvalue weighted by atomic mass is 35.5. The molecular weight excluding hydrogens is 435 g/mol. The first kappa shape index (κ1) is 17.8. The summed E-state index contributed by atoms with van der Waals surface area (Å²) in [6.45, 7) is 0. The number of thiophene rings is 1. The maximum absolute atomic E-state index is 12.7. The van der Waals surface area contributed by atoms with Gasteiger partial charge in [0.1, 0.15) is 10.6 Å². The van der Waals surface area contributed by atoms with Crippen LogP contribution in [0.5, 0.6) is 5.75 Å². The van der Waals surface area contributed by atoms with Crippen molar-refractivity contribution >= 4 is 88.8 Å². The van der Waals surface area contributed by atoms with Crippen molar-refractivity contribution in [3.05, 3.63) is 50.3 Å². The third-order valence-corrected chi connectivity index (χ3v) is 6.75. The standard InChI is InChI=1S/C17H9Cl3N2O2S2/c1-24-8-2-3-10-11(6-8)26-17(21-10)22-16(23)15-14(20)13-9(19)4-7(18)5-12(13)25-15/h2-6H,1H3,(H,21,22,23). The van der Waals surface area contributed by atoms with Crippen molar-refractivity contribution < 1.29 is 9.53 Å². The number of aromatic nitrogens is 1. The highest BCUT2D eigenvalue weighted by Gasteiger charge is 2.20. The zero-order valence-corrected chi connectivity index (χ0v) is 17.0. The van der Waals surface area contributed by atoms with E-state index in [9.17, 15) is 4.79 Å². The van der Waals surface area contributed by atoms with Crippen LogP contribution in [-0.4, -0.2) is 18.0 Å². The van der Waals surface area contributed by atoms with E-state index in [4.69, 9.17) is 39.5 Å². The highest BCUT2D eigenvalue weighted by Crippen LogP contribution is 2.41. The van der Waals surface area contributed by atoms with Crippen LogP contribution in [0.4, 0.5) is 5.13 Å². The summed E-state index contributed by atoms with van der Waals surface area (Å²) in [6.07, 6.45) is 0. The van der Waals surface area contributed by atoms with Crippen LogP contribution in [0.2, 0.25) is 15.1 Å². The maximum Gasteiger partial charge on any atom is 0.269 e. The number of nitrogens with zero attached hydrogens (tertiary/aromatic N) is 1. The van der Waals surface area contributed by atoms with Gasteiger partial charge in [-0.05, 0) is 30.3 Å². The van der Waals surface area contributed by atoms with Gasteiger partial charge in [-0.2, -0.15) is 0 Å². The Morgan fingerprint density at radius 2 is 1.92 bits per heavy atom. The Bertz CT molecular complexity index is 1170. The van der Waals surface area contributed by atoms with E-state index in [0.29, 0.717) is 30.5 Å². The van der Waals surface area contributed by atoms with E-state index in [-0.39, 0.29) is 5.91 Å². The third kappa shape index (κ3) is 3.12. The minimum absolute atomic E-state index is 0.312. The fourth-order valence-electron chi connectivity index (χ4n) is 2.50. The lowest BCUT2D eigenvalue weighted by Gasteiger charge is -1.99. The smallest absolute Gasteiger partial charge is 0.269 e. The molecule has 9 heteroatoms. The van der Waals surface area contributed by atoms with Crippen LogP contribution >= 0.6 is 57.5 Å². The molecule has 0 bridgehead atoms. The van der Waals surface area contributed by atoms with Gasteiger partial charge in [0.15, 0.2) is 5.13 Å². The molecule has 1 amide bonds. The predicted molar refractivity (Wildman–Crippen MR) is 111 cm³/mol. The molecule has 0 radical (unpaired) electrons. The van der Waals surface area contributed by atoms with Crippen molar-refractivity contribution in [2.24, 2.45) is 0 Å². The number of hydrogen-bond donors (Lipinski definition) is 1. The molecule has 1 N–H and O–H groups in total. The van der Waals surface area contributed by atoms with Gasteiger partial charge >= 0.3 is 0 Å². The maximum atomic E-state index is 12.7. The number of rotatable bonds is 3. The average Bonchev–Trinajstić information content (AvgIpc) is 3.14. The van der Waals surface area contributed by atoms with Crippen molar-refractivity contribution in [1.29, 1.82) is 0 Å². The van der Waals surface area contributed by atoms with Crippen LogP contribution in [0.15, 0.2) is 30.3 Å². The first-order valence-corrected chi connectivity index (χ1v) is 10.1. The average molecular weight is 444 g/mol. The molecule has 0 aliphatic carbocycles. The van der Waals surface area contributed by atoms with Crippen LogP contribution in [0.1, 0.15) is 9.67 Å². The van der Waals surface area contributed by atoms with Crippen molar-refractivity contribution in [3.8, 4) is 5.75 Å². The first-order valence-electron chi connectivity index (χ1n) is 7.29. The molecule has 2 aromatic carbocycles. The lowest BCUT2D eigenvalue weighted by Crippen LogP contribution is -2.10. The van der Waals surface area contributed by atoms with Gasteiger partial charge in [0, 0.05) is 15.1 Å². The minimum Gasteiger partial charge on any atom is -0.497 e. The molecule has 0 atom stereocenters. The third-order valence-electron chi connectivity index (χ3n) is 3.67. The van der Waals surface area contributed by atoms with E-state index in [1.165, 1.54) is 22.7 Å². The number of carbonyl (C=O) groups is 1. The summed E-state index contributed by atoms with van der Waals surface area (Å²) in [7, 11) is 1.60. The van der Waals surface area contributed by atoms with Gasteiger partial charge in [0.25, 0.3) is 5.91 Å². The van der Waals surface area contributed by atoms with Gasteiger partial charge in [-0.15, -0.1) is 11.3 Å². The Balaban J connectivity index is 1.69. The second kappa shape index (κ2) is 6.87. The van der Waals surface area contributed by atoms with Crippen LogP contribution in [-0.2, 0) is 0 Å². The molecule has 0 unspecified atom stereocenters. The quantitative estimate of drug-likeness (QED) is 0.382. The second-order valence-corrected chi connectivity index (χ2v) is 8.62. The molecule has 4 aromatic rings. The lowest BCUT2D eigenvalue weighted by molar-refractivity contribution is 0.103. The number of halogens is 3. The molecule has 0 aliphatic heterocycles. The Morgan fingerprint density at radius 1 is 1.12 bits per heavy atom. The van der Waals surface area contributed by atoms with Gasteiger partial charge < -0.3 is 4.74 Å². The molecule has 0 aliphatic rings. The molecule has 2 aromatic heterocycles. The summed E-state index contributed by atoms with van der Waals surface area (Å²) in [4.78, 5) is 17.5. The molecule has 2 heterocycles. The molecule has 4 rings (SSSR count). The number of nitrogens with one attached hydrogen (secondary N) is 1. The number of thiazole rings is 1. The zero-order chi connectivity index (χ0) is 18.4. The molecule has 132 valence electrons. The number of amides is 1. The van der Waals surface area contributed by atoms with Gasteiger partial charge in [-0.1, -0.05) is 46.1 Å². The highest BCUT2D eigenvalue weighted by molar-refractivity contribution is 7.23. The molecule has 26 heavy (non-hydrogen) atoms. The summed E-state index contributed by atoms with van der Waals surface area (Å²) in [5.41, 5.74) is 0.781. The fraction of sp³-hybridized carbons (Fsp3) is 0.0588. The summed E-state index contributed by atoms with van der Waals surface area (Å²) in [5, 5.41) is 5.13. The lowest BCUT2D eigenvalue weighted by atomic mass is 10.2. The number of fused-ring (bicyclic) bond motifs is 2. The molecule has 0 saturated carbocycles. The zero-order valence-electron chi connectivity index (χ0n) is 13.1. The minimum atomic E-state index is -0.339. The van der Waals surface area contributed by atoms with Gasteiger partial charge in [0.2, 0.25) is 0 Å². The largest absolute Gasteiger partial charge is 0.497 e. The Labute approximate surface area is 171 Å². The van der Waals surface area contributed by atoms with Crippen LogP contribution in [0, 0.1) is 0 Å². The van der Waals surface area contributed by atoms with E-state index >= 15 is 0 Å². The molecule has 0 spiro atoms. The molecule has 0 saturated heterocycles. The van der Waals surface area contributed by atoms with Gasteiger partial charge in [-0.25, -0.2) is 4.98 Å². The number of carbonyl (C=O) groups excluding carboxylic acids is 1. The second-order valence-electron chi connectivity index (χ2n) is 5.31. The first-order chi connectivity index (χ1) is 12.5. The molecular formula is C17H9Cl3N2O2S2. The summed E-state index contributed by atoms with van der Waals surface area (Å²) >= 11 is 21.2. The van der Waals surface area contributed by atoms with Gasteiger partial charge in [-0.3, -0.25) is 10.1 Å². The summed E-state index contributed by atoms with van der Waals surface area (Å²) in [6, 6.07) is 8.88. The fourth-order valence-corrected chi connectivity index (χ4v) is 5.66. The molecule has 4 nitrogen and oxygen atoms in total. The predicted octanol–water partition coefficient (Wildman–Crippen LogP) is 6.73. The van der Waals surface area contributed by atoms with E-state index in [1.54, 1.807) is 19.2 Å². The van der Waals surface area contributed by atoms with Gasteiger partial charge in [0.05, 0.1) is 27.4 Å². The van der Waals surface area contributed by atoms with Crippen molar-refractivity contribution in [3.63, 3.8) is 0 Å². The SMILES string of the molecule is COc1ccc2nc(NC(=O)c3sc4cc(Cl)cc(Cl)c4c3Cl)sc2c1. The number of anilines is 1. The number of hydrogen-bond acceptors (Lipinski definition) is 5. The summed E-state index contributed by atoms with van der Waals surface area (Å²) < 4.78 is 6.87. The number of ether oxygens (including phenoxy) is 1. The Hall–Kier alpha value is -1.57. The monoisotopic (exact) mass is 442 g/mol. The number of methoxy groups -OCH3 is 1. The van der Waals surface area contributed by atoms with Crippen molar-refractivity contribution in [1.82, 2.24) is 4.98 Å². The normalized spacial score (nSPS) is 11.2. The van der Waals surface area contributed by atoms with E-state index in [0.717, 1.165) is 20.7 Å². The van der Waals surface area contributed by atoms with E-state index < -0.39 is 0 Å². The van der Waals surface area contributed by atoms with Crippen molar-refractivity contribution in [2.45, 2.75) is 0 Å². The summed E-state index contributed by atoms with van der Waals surface area (Å²) in [5.74, 6) is 0.396. The number of benzene rings is 2. The van der Waals surface area contributed by atoms with Crippen molar-refractivity contribution in [2.75, 3.05) is 12.4 Å². The Kier molecular flexibility index (Phi) is 4.71. The molecule has 0 fully saturated rings. The van der Waals surface area contributed by atoms with Crippen LogP contribution in [0.25, 0.3) is 20.3 Å². The Morgan fingerprint density at radius 3 is 2.69 bits per heavy atom. The van der Waals surface area contributed by atoms with E-state index in [1.807, 2.05) is 18.2 Å². The van der Waals surface area contributed by atoms with Crippen LogP contribution in [0.3, 0.4) is 0 Å². The van der Waals surface area contributed by atoms with E-state index in [2.05, 4.69) is 10.3 Å². The topological polar surface area (TPSA) is 51.2 Å².